The highest BCUT2D eigenvalue weighted by atomic mass is 32.2. The number of ether oxygens (including phenoxy) is 1. The van der Waals surface area contributed by atoms with Crippen molar-refractivity contribution in [3.63, 3.8) is 0 Å². The van der Waals surface area contributed by atoms with Gasteiger partial charge in [0.2, 0.25) is 10.0 Å². The fourth-order valence-electron chi connectivity index (χ4n) is 1.73. The van der Waals surface area contributed by atoms with Gasteiger partial charge in [-0.15, -0.1) is 0 Å². The van der Waals surface area contributed by atoms with E-state index in [-0.39, 0.29) is 18.1 Å². The summed E-state index contributed by atoms with van der Waals surface area (Å²) >= 11 is 0. The van der Waals surface area contributed by atoms with E-state index in [9.17, 15) is 13.2 Å². The van der Waals surface area contributed by atoms with Gasteiger partial charge in [-0.1, -0.05) is 0 Å². The van der Waals surface area contributed by atoms with Gasteiger partial charge in [0.1, 0.15) is 0 Å². The zero-order chi connectivity index (χ0) is 12.7. The molecular formula is C10H20N2O4S. The molecule has 1 aliphatic heterocycles. The lowest BCUT2D eigenvalue weighted by atomic mass is 10.3. The predicted molar refractivity (Wildman–Crippen MR) is 64.1 cm³/mol. The van der Waals surface area contributed by atoms with Crippen molar-refractivity contribution in [3.8, 4) is 0 Å². The molecule has 1 saturated heterocycles. The van der Waals surface area contributed by atoms with Crippen molar-refractivity contribution < 1.29 is 17.9 Å². The van der Waals surface area contributed by atoms with Crippen LogP contribution in [0.25, 0.3) is 0 Å². The van der Waals surface area contributed by atoms with Crippen LogP contribution in [0.5, 0.6) is 0 Å². The van der Waals surface area contributed by atoms with Gasteiger partial charge >= 0.3 is 5.97 Å². The Kier molecular flexibility index (Phi) is 5.87. The third-order valence-corrected chi connectivity index (χ3v) is 4.66. The lowest BCUT2D eigenvalue weighted by Crippen LogP contribution is -2.36. The van der Waals surface area contributed by atoms with E-state index in [1.165, 1.54) is 11.4 Å². The fourth-order valence-corrected chi connectivity index (χ4v) is 3.27. The van der Waals surface area contributed by atoms with E-state index in [2.05, 4.69) is 10.1 Å². The molecule has 1 N–H and O–H groups in total. The van der Waals surface area contributed by atoms with Crippen LogP contribution in [-0.2, 0) is 19.6 Å². The molecule has 6 nitrogen and oxygen atoms in total. The van der Waals surface area contributed by atoms with Crippen LogP contribution >= 0.6 is 0 Å². The minimum atomic E-state index is -3.23. The summed E-state index contributed by atoms with van der Waals surface area (Å²) in [6.45, 7) is 2.62. The van der Waals surface area contributed by atoms with Crippen LogP contribution in [0.1, 0.15) is 19.3 Å². The highest BCUT2D eigenvalue weighted by Gasteiger charge is 2.22. The molecule has 0 aliphatic carbocycles. The lowest BCUT2D eigenvalue weighted by molar-refractivity contribution is -0.140. The number of carbonyl (C=O) groups is 1. The smallest absolute Gasteiger partial charge is 0.305 e. The summed E-state index contributed by atoms with van der Waals surface area (Å²) < 4.78 is 29.9. The molecule has 7 heteroatoms. The van der Waals surface area contributed by atoms with Crippen molar-refractivity contribution in [3.05, 3.63) is 0 Å². The van der Waals surface area contributed by atoms with Crippen LogP contribution in [0.4, 0.5) is 0 Å². The summed E-state index contributed by atoms with van der Waals surface area (Å²) in [7, 11) is -1.92. The monoisotopic (exact) mass is 264 g/mol. The molecule has 0 saturated carbocycles. The first-order chi connectivity index (χ1) is 8.06. The number of carbonyl (C=O) groups excluding carboxylic acids is 1. The summed E-state index contributed by atoms with van der Waals surface area (Å²) in [5.41, 5.74) is 0. The Balaban J connectivity index is 2.41. The molecule has 0 aromatic carbocycles. The molecule has 0 atom stereocenters. The third kappa shape index (κ3) is 5.01. The molecule has 1 aliphatic rings. The van der Waals surface area contributed by atoms with Crippen molar-refractivity contribution in [1.82, 2.24) is 9.62 Å². The van der Waals surface area contributed by atoms with E-state index >= 15 is 0 Å². The molecule has 0 bridgehead atoms. The van der Waals surface area contributed by atoms with Gasteiger partial charge in [-0.3, -0.25) is 4.79 Å². The molecular weight excluding hydrogens is 244 g/mol. The summed E-state index contributed by atoms with van der Waals surface area (Å²) in [5, 5.41) is 3.15. The molecule has 100 valence electrons. The van der Waals surface area contributed by atoms with Gasteiger partial charge in [0.05, 0.1) is 12.9 Å². The number of nitrogens with zero attached hydrogens (tertiary/aromatic N) is 1. The molecule has 1 rings (SSSR count). The van der Waals surface area contributed by atoms with E-state index in [1.54, 1.807) is 0 Å². The number of nitrogens with one attached hydrogen (secondary N) is 1. The van der Waals surface area contributed by atoms with E-state index < -0.39 is 10.0 Å². The summed E-state index contributed by atoms with van der Waals surface area (Å²) in [5.74, 6) is -0.347. The fraction of sp³-hybridized carbons (Fsp3) is 0.900. The first kappa shape index (κ1) is 14.4. The minimum absolute atomic E-state index is 0.0160. The third-order valence-electron chi connectivity index (χ3n) is 2.70. The summed E-state index contributed by atoms with van der Waals surface area (Å²) in [6, 6.07) is 0. The zero-order valence-corrected chi connectivity index (χ0v) is 11.0. The second-order valence-electron chi connectivity index (χ2n) is 4.00. The number of esters is 1. The Morgan fingerprint density at radius 1 is 1.35 bits per heavy atom. The van der Waals surface area contributed by atoms with Crippen molar-refractivity contribution in [2.24, 2.45) is 0 Å². The van der Waals surface area contributed by atoms with Gasteiger partial charge in [-0.2, -0.15) is 0 Å². The average molecular weight is 264 g/mol. The maximum Gasteiger partial charge on any atom is 0.305 e. The number of hydrogen-bond donors (Lipinski definition) is 1. The van der Waals surface area contributed by atoms with E-state index in [1.807, 2.05) is 0 Å². The first-order valence-corrected chi connectivity index (χ1v) is 7.42. The Hall–Kier alpha value is -0.660. The van der Waals surface area contributed by atoms with E-state index in [0.29, 0.717) is 26.1 Å². The standard InChI is InChI=1S/C10H20N2O4S/c1-16-10(13)4-2-9-17(14,15)12-7-3-5-11-6-8-12/h11H,2-9H2,1H3. The highest BCUT2D eigenvalue weighted by Crippen LogP contribution is 2.07. The average Bonchev–Trinajstić information content (AvgIpc) is 2.57. The predicted octanol–water partition coefficient (Wildman–Crippen LogP) is -0.435. The van der Waals surface area contributed by atoms with E-state index in [4.69, 9.17) is 0 Å². The van der Waals surface area contributed by atoms with Gasteiger partial charge in [-0.25, -0.2) is 12.7 Å². The first-order valence-electron chi connectivity index (χ1n) is 5.81. The zero-order valence-electron chi connectivity index (χ0n) is 10.1. The summed E-state index contributed by atoms with van der Waals surface area (Å²) in [4.78, 5) is 10.9. The Morgan fingerprint density at radius 3 is 2.82 bits per heavy atom. The van der Waals surface area contributed by atoms with Gasteiger partial charge < -0.3 is 10.1 Å². The van der Waals surface area contributed by atoms with Crippen molar-refractivity contribution in [1.29, 1.82) is 0 Å². The molecule has 0 aromatic heterocycles. The SMILES string of the molecule is COC(=O)CCCS(=O)(=O)N1CCCNCC1. The minimum Gasteiger partial charge on any atom is -0.469 e. The molecule has 0 radical (unpaired) electrons. The quantitative estimate of drug-likeness (QED) is 0.682. The van der Waals surface area contributed by atoms with Gasteiger partial charge in [0.15, 0.2) is 0 Å². The Bertz CT molecular complexity index is 334. The van der Waals surface area contributed by atoms with Crippen LogP contribution in [0.3, 0.4) is 0 Å². The summed E-state index contributed by atoms with van der Waals surface area (Å²) in [6.07, 6.45) is 1.30. The van der Waals surface area contributed by atoms with Crippen LogP contribution in [0.15, 0.2) is 0 Å². The van der Waals surface area contributed by atoms with Gasteiger partial charge in [0, 0.05) is 26.1 Å². The lowest BCUT2D eigenvalue weighted by Gasteiger charge is -2.19. The molecule has 17 heavy (non-hydrogen) atoms. The van der Waals surface area contributed by atoms with Crippen molar-refractivity contribution in [2.75, 3.05) is 39.0 Å². The second kappa shape index (κ2) is 6.93. The molecule has 1 fully saturated rings. The maximum atomic E-state index is 12.0. The van der Waals surface area contributed by atoms with Crippen LogP contribution < -0.4 is 5.32 Å². The Labute approximate surface area is 102 Å². The largest absolute Gasteiger partial charge is 0.469 e. The number of hydrogen-bond acceptors (Lipinski definition) is 5. The van der Waals surface area contributed by atoms with Crippen molar-refractivity contribution >= 4 is 16.0 Å². The molecule has 0 spiro atoms. The molecule has 0 aromatic rings. The van der Waals surface area contributed by atoms with Crippen LogP contribution in [-0.4, -0.2) is 57.7 Å². The van der Waals surface area contributed by atoms with E-state index in [0.717, 1.165) is 13.0 Å². The highest BCUT2D eigenvalue weighted by molar-refractivity contribution is 7.89. The molecule has 0 amide bonds. The van der Waals surface area contributed by atoms with Crippen LogP contribution in [0, 0.1) is 0 Å². The number of methoxy groups -OCH3 is 1. The molecule has 1 heterocycles. The number of rotatable bonds is 5. The van der Waals surface area contributed by atoms with Gasteiger partial charge in [-0.05, 0) is 19.4 Å². The second-order valence-corrected chi connectivity index (χ2v) is 6.09. The Morgan fingerprint density at radius 2 is 2.12 bits per heavy atom. The number of sulfonamides is 1. The topological polar surface area (TPSA) is 75.7 Å². The molecule has 0 unspecified atom stereocenters. The van der Waals surface area contributed by atoms with Gasteiger partial charge in [0.25, 0.3) is 0 Å². The maximum absolute atomic E-state index is 12.0. The normalized spacial score (nSPS) is 18.6. The van der Waals surface area contributed by atoms with Crippen molar-refractivity contribution in [2.45, 2.75) is 19.3 Å². The van der Waals surface area contributed by atoms with Crippen LogP contribution in [0.2, 0.25) is 0 Å².